The highest BCUT2D eigenvalue weighted by molar-refractivity contribution is 5.74. The number of anilines is 1. The number of aliphatic hydroxyl groups excluding tert-OH is 2. The molecule has 4 rings (SSSR count). The third-order valence-electron chi connectivity index (χ3n) is 4.54. The monoisotopic (exact) mass is 360 g/mol. The lowest BCUT2D eigenvalue weighted by atomic mass is 9.93. The SMILES string of the molecule is OCC(O)CNc1ncnc2c1=C(c1ccccc1)C(c1ccccc1)N=2. The number of aromatic nitrogens is 2. The quantitative estimate of drug-likeness (QED) is 0.605. The second kappa shape index (κ2) is 7.65. The fourth-order valence-corrected chi connectivity index (χ4v) is 3.26. The Morgan fingerprint density at radius 3 is 2.37 bits per heavy atom. The number of fused-ring (bicyclic) bond motifs is 1. The summed E-state index contributed by atoms with van der Waals surface area (Å²) < 4.78 is 0. The van der Waals surface area contributed by atoms with Crippen LogP contribution in [0.1, 0.15) is 17.2 Å². The van der Waals surface area contributed by atoms with Crippen LogP contribution in [-0.4, -0.2) is 39.4 Å². The van der Waals surface area contributed by atoms with Gasteiger partial charge >= 0.3 is 0 Å². The normalized spacial score (nSPS) is 16.5. The van der Waals surface area contributed by atoms with Crippen LogP contribution in [0.25, 0.3) is 5.57 Å². The van der Waals surface area contributed by atoms with E-state index in [1.54, 1.807) is 0 Å². The predicted molar refractivity (Wildman–Crippen MR) is 103 cm³/mol. The van der Waals surface area contributed by atoms with E-state index in [0.29, 0.717) is 11.3 Å². The average Bonchev–Trinajstić information content (AvgIpc) is 3.13. The van der Waals surface area contributed by atoms with Crippen LogP contribution in [0.5, 0.6) is 0 Å². The number of hydrogen-bond donors (Lipinski definition) is 3. The number of aliphatic hydroxyl groups is 2. The molecule has 1 aromatic heterocycles. The molecule has 2 unspecified atom stereocenters. The van der Waals surface area contributed by atoms with E-state index >= 15 is 0 Å². The summed E-state index contributed by atoms with van der Waals surface area (Å²) in [6, 6.07) is 20.0. The molecular weight excluding hydrogens is 340 g/mol. The molecule has 3 N–H and O–H groups in total. The van der Waals surface area contributed by atoms with Gasteiger partial charge in [-0.1, -0.05) is 60.7 Å². The first-order valence-corrected chi connectivity index (χ1v) is 8.84. The van der Waals surface area contributed by atoms with Gasteiger partial charge in [0.25, 0.3) is 0 Å². The van der Waals surface area contributed by atoms with E-state index in [1.165, 1.54) is 6.33 Å². The Hall–Kier alpha value is -3.09. The van der Waals surface area contributed by atoms with E-state index in [-0.39, 0.29) is 19.2 Å². The van der Waals surface area contributed by atoms with Crippen LogP contribution in [0.3, 0.4) is 0 Å². The number of nitrogens with zero attached hydrogens (tertiary/aromatic N) is 3. The van der Waals surface area contributed by atoms with Gasteiger partial charge in [-0.3, -0.25) is 4.99 Å². The standard InChI is InChI=1S/C21H20N4O2/c26-12-16(27)11-22-20-18-17(14-7-3-1-4-8-14)19(15-9-5-2-6-10-15)25-21(18)24-13-23-20/h1-10,13,16,19,26-27H,11-12H2,(H,22,23,24,25). The van der Waals surface area contributed by atoms with Gasteiger partial charge in [-0.15, -0.1) is 0 Å². The first-order chi connectivity index (χ1) is 13.3. The molecule has 0 bridgehead atoms. The highest BCUT2D eigenvalue weighted by Crippen LogP contribution is 2.32. The van der Waals surface area contributed by atoms with Crippen molar-refractivity contribution >= 4 is 11.4 Å². The number of hydrogen-bond acceptors (Lipinski definition) is 6. The molecule has 2 heterocycles. The fourth-order valence-electron chi connectivity index (χ4n) is 3.26. The van der Waals surface area contributed by atoms with Gasteiger partial charge in [0.1, 0.15) is 18.2 Å². The number of nitrogens with one attached hydrogen (secondary N) is 1. The Balaban J connectivity index is 1.91. The Bertz CT molecular complexity index is 1040. The molecule has 6 heteroatoms. The molecule has 0 radical (unpaired) electrons. The van der Waals surface area contributed by atoms with Crippen molar-refractivity contribution in [2.45, 2.75) is 12.1 Å². The summed E-state index contributed by atoms with van der Waals surface area (Å²) in [6.45, 7) is -0.120. The van der Waals surface area contributed by atoms with Crippen molar-refractivity contribution in [3.8, 4) is 0 Å². The minimum atomic E-state index is -0.862. The van der Waals surface area contributed by atoms with E-state index in [0.717, 1.165) is 21.9 Å². The van der Waals surface area contributed by atoms with E-state index in [9.17, 15) is 5.11 Å². The molecule has 0 aliphatic carbocycles. The van der Waals surface area contributed by atoms with Gasteiger partial charge in [0.15, 0.2) is 5.49 Å². The molecule has 0 amide bonds. The van der Waals surface area contributed by atoms with Gasteiger partial charge in [0.05, 0.1) is 17.9 Å². The van der Waals surface area contributed by atoms with Crippen LogP contribution in [0, 0.1) is 0 Å². The van der Waals surface area contributed by atoms with Gasteiger partial charge in [-0.25, -0.2) is 9.97 Å². The second-order valence-electron chi connectivity index (χ2n) is 6.36. The molecule has 2 aromatic carbocycles. The van der Waals surface area contributed by atoms with E-state index in [4.69, 9.17) is 10.1 Å². The van der Waals surface area contributed by atoms with Crippen molar-refractivity contribution in [1.29, 1.82) is 0 Å². The molecule has 0 fully saturated rings. The van der Waals surface area contributed by atoms with Gasteiger partial charge in [-0.2, -0.15) is 0 Å². The number of rotatable bonds is 6. The number of benzene rings is 2. The van der Waals surface area contributed by atoms with Crippen LogP contribution in [0.4, 0.5) is 5.82 Å². The fraction of sp³-hybridized carbons (Fsp3) is 0.190. The summed E-state index contributed by atoms with van der Waals surface area (Å²) in [4.78, 5) is 13.6. The van der Waals surface area contributed by atoms with Crippen molar-refractivity contribution in [1.82, 2.24) is 9.97 Å². The van der Waals surface area contributed by atoms with Gasteiger partial charge in [-0.05, 0) is 11.1 Å². The maximum Gasteiger partial charge on any atom is 0.161 e. The Kier molecular flexibility index (Phi) is 4.91. The lowest BCUT2D eigenvalue weighted by Gasteiger charge is -2.15. The molecule has 2 atom stereocenters. The molecule has 3 aromatic rings. The van der Waals surface area contributed by atoms with E-state index in [1.807, 2.05) is 36.4 Å². The molecule has 0 saturated heterocycles. The second-order valence-corrected chi connectivity index (χ2v) is 6.36. The average molecular weight is 360 g/mol. The predicted octanol–water partition coefficient (Wildman–Crippen LogP) is 0.815. The topological polar surface area (TPSA) is 90.6 Å². The Labute approximate surface area is 156 Å². The van der Waals surface area contributed by atoms with Crippen LogP contribution in [0.15, 0.2) is 72.0 Å². The van der Waals surface area contributed by atoms with Crippen LogP contribution in [0.2, 0.25) is 0 Å². The zero-order chi connectivity index (χ0) is 18.6. The van der Waals surface area contributed by atoms with Crippen LogP contribution >= 0.6 is 0 Å². The van der Waals surface area contributed by atoms with Gasteiger partial charge in [0.2, 0.25) is 0 Å². The summed E-state index contributed by atoms with van der Waals surface area (Å²) in [5, 5.41) is 22.7. The molecular formula is C21H20N4O2. The Morgan fingerprint density at radius 1 is 0.963 bits per heavy atom. The van der Waals surface area contributed by atoms with Crippen molar-refractivity contribution in [3.05, 3.63) is 88.8 Å². The van der Waals surface area contributed by atoms with Crippen molar-refractivity contribution < 1.29 is 10.2 Å². The third-order valence-corrected chi connectivity index (χ3v) is 4.54. The van der Waals surface area contributed by atoms with Crippen molar-refractivity contribution in [2.75, 3.05) is 18.5 Å². The first-order valence-electron chi connectivity index (χ1n) is 8.84. The summed E-state index contributed by atoms with van der Waals surface area (Å²) in [5.41, 5.74) is 3.78. The van der Waals surface area contributed by atoms with Crippen molar-refractivity contribution in [3.63, 3.8) is 0 Å². The third kappa shape index (κ3) is 3.45. The van der Waals surface area contributed by atoms with Crippen LogP contribution < -0.4 is 16.0 Å². The highest BCUT2D eigenvalue weighted by atomic mass is 16.3. The molecule has 6 nitrogen and oxygen atoms in total. The summed E-state index contributed by atoms with van der Waals surface area (Å²) in [7, 11) is 0. The van der Waals surface area contributed by atoms with Crippen LogP contribution in [-0.2, 0) is 0 Å². The minimum absolute atomic E-state index is 0.177. The maximum atomic E-state index is 9.69. The zero-order valence-corrected chi connectivity index (χ0v) is 14.7. The minimum Gasteiger partial charge on any atom is -0.394 e. The highest BCUT2D eigenvalue weighted by Gasteiger charge is 2.25. The van der Waals surface area contributed by atoms with Crippen molar-refractivity contribution in [2.24, 2.45) is 4.99 Å². The zero-order valence-electron chi connectivity index (χ0n) is 14.7. The molecule has 1 aliphatic rings. The molecule has 0 spiro atoms. The smallest absolute Gasteiger partial charge is 0.161 e. The van der Waals surface area contributed by atoms with Gasteiger partial charge in [0, 0.05) is 12.1 Å². The first kappa shape index (κ1) is 17.3. The molecule has 0 saturated carbocycles. The van der Waals surface area contributed by atoms with E-state index in [2.05, 4.69) is 39.6 Å². The lowest BCUT2D eigenvalue weighted by molar-refractivity contribution is 0.105. The Morgan fingerprint density at radius 2 is 1.67 bits per heavy atom. The molecule has 1 aliphatic heterocycles. The largest absolute Gasteiger partial charge is 0.394 e. The summed E-state index contributed by atoms with van der Waals surface area (Å²) in [6.07, 6.45) is 0.602. The molecule has 27 heavy (non-hydrogen) atoms. The maximum absolute atomic E-state index is 9.69. The summed E-state index contributed by atoms with van der Waals surface area (Å²) >= 11 is 0. The summed E-state index contributed by atoms with van der Waals surface area (Å²) in [5.74, 6) is 0.605. The van der Waals surface area contributed by atoms with E-state index < -0.39 is 6.10 Å². The van der Waals surface area contributed by atoms with Gasteiger partial charge < -0.3 is 15.5 Å². The lowest BCUT2D eigenvalue weighted by Crippen LogP contribution is -2.34. The molecule has 136 valence electrons.